The van der Waals surface area contributed by atoms with Gasteiger partial charge in [-0.2, -0.15) is 0 Å². The van der Waals surface area contributed by atoms with E-state index in [1.54, 1.807) is 18.1 Å². The van der Waals surface area contributed by atoms with Crippen LogP contribution in [0.25, 0.3) is 0 Å². The fourth-order valence-electron chi connectivity index (χ4n) is 3.04. The maximum absolute atomic E-state index is 12.6. The number of ether oxygens (including phenoxy) is 1. The minimum Gasteiger partial charge on any atom is -0.481 e. The van der Waals surface area contributed by atoms with E-state index in [1.165, 1.54) is 0 Å². The van der Waals surface area contributed by atoms with Gasteiger partial charge >= 0.3 is 5.97 Å². The molecule has 0 spiro atoms. The molecule has 0 aromatic heterocycles. The zero-order chi connectivity index (χ0) is 16.3. The number of amides is 1. The van der Waals surface area contributed by atoms with Crippen LogP contribution in [0, 0.1) is 11.3 Å². The summed E-state index contributed by atoms with van der Waals surface area (Å²) in [6.45, 7) is 5.01. The Balaban J connectivity index is 2.18. The molecular formula is C17H23NO4. The molecule has 1 aromatic rings. The van der Waals surface area contributed by atoms with Gasteiger partial charge in [-0.05, 0) is 30.0 Å². The molecule has 120 valence electrons. The van der Waals surface area contributed by atoms with E-state index < -0.39 is 11.4 Å². The second kappa shape index (κ2) is 6.48. The number of carboxylic acid groups (broad SMARTS) is 1. The summed E-state index contributed by atoms with van der Waals surface area (Å²) in [5.41, 5.74) is 0.681. The van der Waals surface area contributed by atoms with Crippen molar-refractivity contribution < 1.29 is 19.4 Å². The third-order valence-corrected chi connectivity index (χ3v) is 4.60. The zero-order valence-electron chi connectivity index (χ0n) is 13.3. The van der Waals surface area contributed by atoms with E-state index in [1.807, 2.05) is 32.0 Å². The summed E-state index contributed by atoms with van der Waals surface area (Å²) in [6, 6.07) is 7.30. The fourth-order valence-corrected chi connectivity index (χ4v) is 3.04. The highest BCUT2D eigenvalue weighted by Crippen LogP contribution is 2.38. The molecule has 1 aromatic carbocycles. The Morgan fingerprint density at radius 3 is 2.68 bits per heavy atom. The van der Waals surface area contributed by atoms with Crippen molar-refractivity contribution in [3.8, 4) is 0 Å². The number of carboxylic acids is 1. The summed E-state index contributed by atoms with van der Waals surface area (Å²) < 4.78 is 5.08. The molecule has 1 atom stereocenters. The van der Waals surface area contributed by atoms with Gasteiger partial charge in [0.2, 0.25) is 0 Å². The summed E-state index contributed by atoms with van der Waals surface area (Å²) in [4.78, 5) is 25.9. The molecule has 22 heavy (non-hydrogen) atoms. The second-order valence-corrected chi connectivity index (χ2v) is 6.23. The Bertz CT molecular complexity index is 570. The van der Waals surface area contributed by atoms with E-state index in [2.05, 4.69) is 0 Å². The monoisotopic (exact) mass is 305 g/mol. The molecule has 1 heterocycles. The van der Waals surface area contributed by atoms with Gasteiger partial charge in [-0.1, -0.05) is 26.0 Å². The van der Waals surface area contributed by atoms with E-state index in [-0.39, 0.29) is 18.4 Å². The molecule has 2 rings (SSSR count). The van der Waals surface area contributed by atoms with Crippen molar-refractivity contribution in [2.45, 2.75) is 26.9 Å². The summed E-state index contributed by atoms with van der Waals surface area (Å²) in [5, 5.41) is 9.56. The van der Waals surface area contributed by atoms with Gasteiger partial charge in [0, 0.05) is 25.8 Å². The first kappa shape index (κ1) is 16.5. The molecule has 1 fully saturated rings. The topological polar surface area (TPSA) is 66.8 Å². The van der Waals surface area contributed by atoms with Crippen molar-refractivity contribution in [3.63, 3.8) is 0 Å². The van der Waals surface area contributed by atoms with Gasteiger partial charge in [-0.15, -0.1) is 0 Å². The maximum atomic E-state index is 12.6. The van der Waals surface area contributed by atoms with Crippen LogP contribution in [0.1, 0.15) is 36.2 Å². The molecule has 1 aliphatic heterocycles. The van der Waals surface area contributed by atoms with Crippen LogP contribution in [-0.2, 0) is 16.1 Å². The van der Waals surface area contributed by atoms with Gasteiger partial charge in [0.05, 0.1) is 12.0 Å². The predicted molar refractivity (Wildman–Crippen MR) is 82.6 cm³/mol. The summed E-state index contributed by atoms with van der Waals surface area (Å²) in [7, 11) is 1.61. The van der Waals surface area contributed by atoms with Crippen molar-refractivity contribution in [2.24, 2.45) is 11.3 Å². The number of hydrogen-bond acceptors (Lipinski definition) is 3. The van der Waals surface area contributed by atoms with Crippen molar-refractivity contribution in [1.82, 2.24) is 4.90 Å². The van der Waals surface area contributed by atoms with E-state index in [0.29, 0.717) is 25.1 Å². The minimum atomic E-state index is -0.834. The summed E-state index contributed by atoms with van der Waals surface area (Å²) >= 11 is 0. The first-order valence-electron chi connectivity index (χ1n) is 7.51. The smallest absolute Gasteiger partial charge is 0.311 e. The fraction of sp³-hybridized carbons (Fsp3) is 0.529. The molecule has 1 amide bonds. The van der Waals surface area contributed by atoms with Gasteiger partial charge in [0.15, 0.2) is 0 Å². The Labute approximate surface area is 130 Å². The van der Waals surface area contributed by atoms with E-state index in [9.17, 15) is 14.7 Å². The molecule has 0 bridgehead atoms. The number of nitrogens with zero attached hydrogens (tertiary/aromatic N) is 1. The average molecular weight is 305 g/mol. The molecule has 5 nitrogen and oxygen atoms in total. The Morgan fingerprint density at radius 1 is 1.41 bits per heavy atom. The highest BCUT2D eigenvalue weighted by atomic mass is 16.5. The van der Waals surface area contributed by atoms with Crippen molar-refractivity contribution in [3.05, 3.63) is 35.4 Å². The largest absolute Gasteiger partial charge is 0.481 e. The van der Waals surface area contributed by atoms with E-state index in [0.717, 1.165) is 5.56 Å². The number of aliphatic carboxylic acids is 1. The molecule has 1 aliphatic rings. The van der Waals surface area contributed by atoms with Crippen LogP contribution in [0.2, 0.25) is 0 Å². The Morgan fingerprint density at radius 2 is 2.14 bits per heavy atom. The summed E-state index contributed by atoms with van der Waals surface area (Å²) in [5.74, 6) is -0.935. The molecule has 5 heteroatoms. The lowest BCUT2D eigenvalue weighted by Gasteiger charge is -2.28. The van der Waals surface area contributed by atoms with Gasteiger partial charge in [-0.25, -0.2) is 0 Å². The van der Waals surface area contributed by atoms with Crippen LogP contribution in [0.15, 0.2) is 24.3 Å². The van der Waals surface area contributed by atoms with Crippen molar-refractivity contribution in [1.29, 1.82) is 0 Å². The highest BCUT2D eigenvalue weighted by Gasteiger charge is 2.48. The first-order valence-corrected chi connectivity index (χ1v) is 7.51. The average Bonchev–Trinajstić information content (AvgIpc) is 2.94. The maximum Gasteiger partial charge on any atom is 0.311 e. The summed E-state index contributed by atoms with van der Waals surface area (Å²) in [6.07, 6.45) is 0.503. The Kier molecular flexibility index (Phi) is 4.86. The number of carbonyl (C=O) groups is 2. The van der Waals surface area contributed by atoms with Crippen LogP contribution in [-0.4, -0.2) is 42.1 Å². The van der Waals surface area contributed by atoms with Crippen molar-refractivity contribution in [2.75, 3.05) is 20.2 Å². The third kappa shape index (κ3) is 2.99. The number of hydrogen-bond donors (Lipinski definition) is 1. The number of carbonyl (C=O) groups excluding carboxylic acids is 1. The lowest BCUT2D eigenvalue weighted by atomic mass is 9.76. The van der Waals surface area contributed by atoms with Crippen molar-refractivity contribution >= 4 is 11.9 Å². The number of likely N-dealkylation sites (tertiary alicyclic amines) is 1. The molecule has 0 saturated carbocycles. The number of methoxy groups -OCH3 is 1. The third-order valence-electron chi connectivity index (χ3n) is 4.60. The van der Waals surface area contributed by atoms with E-state index >= 15 is 0 Å². The number of benzene rings is 1. The van der Waals surface area contributed by atoms with Crippen LogP contribution in [0.5, 0.6) is 0 Å². The molecule has 1 saturated heterocycles. The molecule has 1 N–H and O–H groups in total. The van der Waals surface area contributed by atoms with Crippen LogP contribution < -0.4 is 0 Å². The second-order valence-electron chi connectivity index (χ2n) is 6.23. The van der Waals surface area contributed by atoms with Crippen LogP contribution in [0.4, 0.5) is 0 Å². The Hall–Kier alpha value is -1.88. The molecule has 0 aliphatic carbocycles. The quantitative estimate of drug-likeness (QED) is 0.907. The van der Waals surface area contributed by atoms with E-state index in [4.69, 9.17) is 4.74 Å². The minimum absolute atomic E-state index is 0.0115. The van der Waals surface area contributed by atoms with Gasteiger partial charge in [0.25, 0.3) is 5.91 Å². The SMILES string of the molecule is COCc1cccc(C(=O)N2CCC(C(=O)O)(C(C)C)C2)c1. The van der Waals surface area contributed by atoms with Crippen LogP contribution in [0.3, 0.4) is 0 Å². The first-order chi connectivity index (χ1) is 10.4. The van der Waals surface area contributed by atoms with Gasteiger partial charge < -0.3 is 14.7 Å². The lowest BCUT2D eigenvalue weighted by Crippen LogP contribution is -2.40. The lowest BCUT2D eigenvalue weighted by molar-refractivity contribution is -0.150. The molecule has 0 radical (unpaired) electrons. The normalized spacial score (nSPS) is 21.4. The number of rotatable bonds is 5. The highest BCUT2D eigenvalue weighted by molar-refractivity contribution is 5.95. The van der Waals surface area contributed by atoms with Gasteiger partial charge in [0.1, 0.15) is 0 Å². The predicted octanol–water partition coefficient (Wildman–Crippen LogP) is 2.41. The standard InChI is InChI=1S/C17H23NO4/c1-12(2)17(16(20)21)7-8-18(11-17)15(19)14-6-4-5-13(9-14)10-22-3/h4-6,9,12H,7-8,10-11H2,1-3H3,(H,20,21). The zero-order valence-corrected chi connectivity index (χ0v) is 13.3. The molecule has 1 unspecified atom stereocenters. The molecular weight excluding hydrogens is 282 g/mol. The van der Waals surface area contributed by atoms with Gasteiger partial charge in [-0.3, -0.25) is 9.59 Å². The van der Waals surface area contributed by atoms with Crippen LogP contribution >= 0.6 is 0 Å².